The maximum atomic E-state index is 7.57. The molecule has 0 unspecified atom stereocenters. The molecule has 0 heterocycles. The first-order valence-electron chi connectivity index (χ1n) is 3.07. The number of aliphatic hydroxyl groups is 3. The van der Waals surface area contributed by atoms with E-state index in [4.69, 9.17) is 15.3 Å². The zero-order valence-electron chi connectivity index (χ0n) is 7.67. The van der Waals surface area contributed by atoms with Crippen LogP contribution >= 0.6 is 0 Å². The molecule has 0 bridgehead atoms. The van der Waals surface area contributed by atoms with Gasteiger partial charge in [0.1, 0.15) is 0 Å². The van der Waals surface area contributed by atoms with Crippen LogP contribution in [0.2, 0.25) is 0 Å². The summed E-state index contributed by atoms with van der Waals surface area (Å²) in [6.07, 6.45) is 0. The van der Waals surface area contributed by atoms with Gasteiger partial charge in [-0.2, -0.15) is 0 Å². The summed E-state index contributed by atoms with van der Waals surface area (Å²) in [5, 5.41) is 22.7. The van der Waals surface area contributed by atoms with Gasteiger partial charge < -0.3 is 21.5 Å². The first kappa shape index (κ1) is 30.0. The summed E-state index contributed by atoms with van der Waals surface area (Å²) in [5.41, 5.74) is 0. The Morgan fingerprint density at radius 2 is 0.727 bits per heavy atom. The molecule has 4 nitrogen and oxygen atoms in total. The van der Waals surface area contributed by atoms with Crippen LogP contribution in [0.1, 0.15) is 20.8 Å². The Labute approximate surface area is 84.1 Å². The van der Waals surface area contributed by atoms with E-state index in [1.165, 1.54) is 0 Å². The number of hydrogen-bond donors (Lipinski definition) is 4. The minimum atomic E-state index is 0. The quantitative estimate of drug-likeness (QED) is 0.421. The second-order valence-corrected chi connectivity index (χ2v) is 0.949. The molecular formula is C6H21NO3Ti. The van der Waals surface area contributed by atoms with Crippen molar-refractivity contribution in [1.82, 2.24) is 6.15 Å². The van der Waals surface area contributed by atoms with Crippen molar-refractivity contribution in [1.29, 1.82) is 0 Å². The Hall–Kier alpha value is 0.554. The van der Waals surface area contributed by atoms with E-state index in [0.29, 0.717) is 0 Å². The second-order valence-electron chi connectivity index (χ2n) is 0.949. The summed E-state index contributed by atoms with van der Waals surface area (Å²) >= 11 is 0. The van der Waals surface area contributed by atoms with Crippen molar-refractivity contribution in [3.63, 3.8) is 0 Å². The van der Waals surface area contributed by atoms with Gasteiger partial charge in [0.2, 0.25) is 0 Å². The Morgan fingerprint density at radius 1 is 0.727 bits per heavy atom. The summed E-state index contributed by atoms with van der Waals surface area (Å²) in [4.78, 5) is 0. The topological polar surface area (TPSA) is 95.7 Å². The summed E-state index contributed by atoms with van der Waals surface area (Å²) in [6.45, 7) is 5.79. The summed E-state index contributed by atoms with van der Waals surface area (Å²) < 4.78 is 0. The molecule has 0 amide bonds. The van der Waals surface area contributed by atoms with Crippen molar-refractivity contribution in [2.24, 2.45) is 0 Å². The molecule has 0 fully saturated rings. The van der Waals surface area contributed by atoms with E-state index >= 15 is 0 Å². The van der Waals surface area contributed by atoms with Crippen LogP contribution in [0.15, 0.2) is 0 Å². The average molecular weight is 203 g/mol. The molecule has 6 N–H and O–H groups in total. The minimum absolute atomic E-state index is 0. The van der Waals surface area contributed by atoms with Gasteiger partial charge in [-0.3, -0.25) is 0 Å². The molecule has 0 aromatic carbocycles. The molecule has 0 aliphatic heterocycles. The van der Waals surface area contributed by atoms with Gasteiger partial charge in [-0.25, -0.2) is 0 Å². The third-order valence-electron chi connectivity index (χ3n) is 0. The smallest absolute Gasteiger partial charge is 0.0402 e. The van der Waals surface area contributed by atoms with Gasteiger partial charge in [0.25, 0.3) is 0 Å². The van der Waals surface area contributed by atoms with Gasteiger partial charge in [0, 0.05) is 41.5 Å². The van der Waals surface area contributed by atoms with Gasteiger partial charge >= 0.3 is 0 Å². The molecule has 0 aliphatic rings. The van der Waals surface area contributed by atoms with Crippen LogP contribution in [-0.4, -0.2) is 35.1 Å². The predicted molar refractivity (Wildman–Crippen MR) is 43.3 cm³/mol. The van der Waals surface area contributed by atoms with E-state index in [1.807, 2.05) is 0 Å². The fourth-order valence-corrected chi connectivity index (χ4v) is 0. The number of rotatable bonds is 0. The maximum Gasteiger partial charge on any atom is 0.0402 e. The zero-order valence-corrected chi connectivity index (χ0v) is 9.23. The van der Waals surface area contributed by atoms with Crippen LogP contribution in [0, 0.1) is 0 Å². The molecule has 0 saturated carbocycles. The van der Waals surface area contributed by atoms with E-state index in [2.05, 4.69) is 0 Å². The van der Waals surface area contributed by atoms with Crippen LogP contribution in [-0.2, 0) is 21.7 Å². The molecule has 0 spiro atoms. The first-order valence-corrected chi connectivity index (χ1v) is 3.07. The average Bonchev–Trinajstić information content (AvgIpc) is 1.70. The van der Waals surface area contributed by atoms with Crippen LogP contribution in [0.4, 0.5) is 0 Å². The number of aliphatic hydroxyl groups excluding tert-OH is 3. The fourth-order valence-electron chi connectivity index (χ4n) is 0. The molecule has 0 aromatic heterocycles. The largest absolute Gasteiger partial charge is 0.397 e. The van der Waals surface area contributed by atoms with E-state index in [9.17, 15) is 0 Å². The third-order valence-corrected chi connectivity index (χ3v) is 0. The maximum absolute atomic E-state index is 7.57. The molecule has 11 heavy (non-hydrogen) atoms. The van der Waals surface area contributed by atoms with E-state index in [0.717, 1.165) is 0 Å². The monoisotopic (exact) mass is 203 g/mol. The number of hydrogen-bond acceptors (Lipinski definition) is 4. The molecule has 0 rings (SSSR count). The Bertz CT molecular complexity index is 22.5. The van der Waals surface area contributed by atoms with Crippen molar-refractivity contribution in [2.75, 3.05) is 19.8 Å². The summed E-state index contributed by atoms with van der Waals surface area (Å²) in [6, 6.07) is 0. The SMILES string of the molecule is CCO.CCO.CCO.N.[Ti]. The normalized spacial score (nSPS) is 4.91. The van der Waals surface area contributed by atoms with Crippen LogP contribution in [0.25, 0.3) is 0 Å². The van der Waals surface area contributed by atoms with Gasteiger partial charge in [-0.05, 0) is 20.8 Å². The van der Waals surface area contributed by atoms with Crippen LogP contribution < -0.4 is 6.15 Å². The fraction of sp³-hybridized carbons (Fsp3) is 1.00. The summed E-state index contributed by atoms with van der Waals surface area (Å²) in [5.74, 6) is 0. The molecule has 5 heteroatoms. The predicted octanol–water partition coefficient (Wildman–Crippen LogP) is 0.155. The Morgan fingerprint density at radius 3 is 0.727 bits per heavy atom. The first-order chi connectivity index (χ1) is 4.24. The van der Waals surface area contributed by atoms with Gasteiger partial charge in [0.15, 0.2) is 0 Å². The van der Waals surface area contributed by atoms with E-state index in [-0.39, 0.29) is 47.7 Å². The van der Waals surface area contributed by atoms with Crippen LogP contribution in [0.3, 0.4) is 0 Å². The molecule has 0 saturated heterocycles. The Balaban J connectivity index is -0.0000000150. The third kappa shape index (κ3) is 2510. The van der Waals surface area contributed by atoms with Gasteiger partial charge in [0.05, 0.1) is 0 Å². The van der Waals surface area contributed by atoms with E-state index < -0.39 is 0 Å². The molecule has 0 aliphatic carbocycles. The molecule has 0 atom stereocenters. The van der Waals surface area contributed by atoms with Crippen molar-refractivity contribution in [2.45, 2.75) is 20.8 Å². The van der Waals surface area contributed by atoms with Crippen molar-refractivity contribution in [3.05, 3.63) is 0 Å². The molecule has 72 valence electrons. The molecule has 0 aromatic rings. The second kappa shape index (κ2) is 76.3. The molecular weight excluding hydrogens is 182 g/mol. The van der Waals surface area contributed by atoms with Crippen molar-refractivity contribution >= 4 is 0 Å². The summed E-state index contributed by atoms with van der Waals surface area (Å²) in [7, 11) is 0. The van der Waals surface area contributed by atoms with Gasteiger partial charge in [-0.1, -0.05) is 0 Å². The zero-order chi connectivity index (χ0) is 8.12. The minimum Gasteiger partial charge on any atom is -0.397 e. The standard InChI is InChI=1S/3C2H6O.H3N.Ti/c3*1-2-3;;/h3*3H,2H2,1H3;1H3;. The Kier molecular flexibility index (Phi) is 208. The van der Waals surface area contributed by atoms with Crippen LogP contribution in [0.5, 0.6) is 0 Å². The molecule has 0 radical (unpaired) electrons. The van der Waals surface area contributed by atoms with Gasteiger partial charge in [-0.15, -0.1) is 0 Å². The van der Waals surface area contributed by atoms with E-state index in [1.54, 1.807) is 20.8 Å². The van der Waals surface area contributed by atoms with Crippen molar-refractivity contribution in [3.8, 4) is 0 Å². The van der Waals surface area contributed by atoms with Crippen molar-refractivity contribution < 1.29 is 37.0 Å².